The maximum atomic E-state index is 11.1. The van der Waals surface area contributed by atoms with Crippen LogP contribution >= 0.6 is 0 Å². The van der Waals surface area contributed by atoms with Gasteiger partial charge in [0.25, 0.3) is 5.69 Å². The molecule has 8 nitrogen and oxygen atoms in total. The number of methoxy groups -OCH3 is 1. The normalized spacial score (nSPS) is 17.9. The molecule has 1 saturated heterocycles. The summed E-state index contributed by atoms with van der Waals surface area (Å²) in [6.45, 7) is 8.47. The summed E-state index contributed by atoms with van der Waals surface area (Å²) in [6.07, 6.45) is 0. The van der Waals surface area contributed by atoms with Crippen molar-refractivity contribution in [1.82, 2.24) is 14.9 Å². The molecule has 0 bridgehead atoms. The largest absolute Gasteiger partial charge is 0.383 e. The van der Waals surface area contributed by atoms with E-state index in [9.17, 15) is 10.1 Å². The fraction of sp³-hybridized carbons (Fsp3) is 0.474. The molecule has 0 amide bonds. The fourth-order valence-corrected chi connectivity index (χ4v) is 3.35. The van der Waals surface area contributed by atoms with Gasteiger partial charge in [-0.25, -0.2) is 9.97 Å². The third kappa shape index (κ3) is 4.58. The Hall–Kier alpha value is -2.58. The average Bonchev–Trinajstić information content (AvgIpc) is 2.66. The molecule has 2 aromatic rings. The quantitative estimate of drug-likeness (QED) is 0.570. The molecular weight excluding hydrogens is 346 g/mol. The van der Waals surface area contributed by atoms with Crippen LogP contribution in [-0.4, -0.2) is 65.7 Å². The van der Waals surface area contributed by atoms with E-state index in [0.717, 1.165) is 44.3 Å². The van der Waals surface area contributed by atoms with Gasteiger partial charge in [0.1, 0.15) is 5.82 Å². The molecule has 8 heteroatoms. The first kappa shape index (κ1) is 19.2. The number of nitro benzene ring substituents is 1. The van der Waals surface area contributed by atoms with Crippen LogP contribution in [0.4, 0.5) is 11.5 Å². The molecule has 0 saturated carbocycles. The number of nitrogens with zero attached hydrogens (tertiary/aromatic N) is 5. The molecule has 1 aliphatic rings. The second-order valence-electron chi connectivity index (χ2n) is 6.82. The SMILES string of the molecule is COCCN1CCN(c2cc(C)nc(-c3cccc([N+](=O)[O-])c3)n2)CC1C. The molecule has 1 atom stereocenters. The minimum absolute atomic E-state index is 0.0412. The lowest BCUT2D eigenvalue weighted by molar-refractivity contribution is -0.384. The molecule has 1 aromatic carbocycles. The molecule has 1 aliphatic heterocycles. The fourth-order valence-electron chi connectivity index (χ4n) is 3.35. The zero-order valence-corrected chi connectivity index (χ0v) is 16.0. The summed E-state index contributed by atoms with van der Waals surface area (Å²) in [5.41, 5.74) is 1.54. The number of ether oxygens (including phenoxy) is 1. The van der Waals surface area contributed by atoms with Gasteiger partial charge in [-0.1, -0.05) is 12.1 Å². The summed E-state index contributed by atoms with van der Waals surface area (Å²) in [5, 5.41) is 11.1. The molecule has 0 N–H and O–H groups in total. The van der Waals surface area contributed by atoms with Crippen molar-refractivity contribution in [3.63, 3.8) is 0 Å². The third-order valence-corrected chi connectivity index (χ3v) is 4.83. The Bertz CT molecular complexity index is 814. The van der Waals surface area contributed by atoms with Crippen molar-refractivity contribution in [2.75, 3.05) is 44.8 Å². The summed E-state index contributed by atoms with van der Waals surface area (Å²) < 4.78 is 5.19. The lowest BCUT2D eigenvalue weighted by Gasteiger charge is -2.40. The number of anilines is 1. The van der Waals surface area contributed by atoms with E-state index in [-0.39, 0.29) is 5.69 Å². The summed E-state index contributed by atoms with van der Waals surface area (Å²) in [7, 11) is 1.72. The first-order valence-corrected chi connectivity index (χ1v) is 9.06. The Labute approximate surface area is 158 Å². The highest BCUT2D eigenvalue weighted by molar-refractivity contribution is 5.61. The van der Waals surface area contributed by atoms with Gasteiger partial charge in [0, 0.05) is 68.8 Å². The molecule has 1 fully saturated rings. The average molecular weight is 371 g/mol. The number of rotatable bonds is 6. The standard InChI is InChI=1S/C19H25N5O3/c1-14-11-18(23-8-7-22(9-10-27-3)15(2)13-23)21-19(20-14)16-5-4-6-17(12-16)24(25)26/h4-6,11-12,15H,7-10,13H2,1-3H3. The molecule has 3 rings (SSSR count). The summed E-state index contributed by atoms with van der Waals surface area (Å²) in [5.74, 6) is 1.38. The van der Waals surface area contributed by atoms with E-state index in [2.05, 4.69) is 21.7 Å². The topological polar surface area (TPSA) is 84.6 Å². The van der Waals surface area contributed by atoms with Crippen molar-refractivity contribution < 1.29 is 9.66 Å². The van der Waals surface area contributed by atoms with Gasteiger partial charge in [-0.15, -0.1) is 0 Å². The van der Waals surface area contributed by atoms with Crippen molar-refractivity contribution in [3.05, 3.63) is 46.1 Å². The van der Waals surface area contributed by atoms with Gasteiger partial charge in [0.2, 0.25) is 0 Å². The minimum Gasteiger partial charge on any atom is -0.383 e. The van der Waals surface area contributed by atoms with E-state index >= 15 is 0 Å². The van der Waals surface area contributed by atoms with Crippen molar-refractivity contribution in [2.24, 2.45) is 0 Å². The molecule has 1 unspecified atom stereocenters. The number of nitro groups is 1. The highest BCUT2D eigenvalue weighted by Gasteiger charge is 2.24. The third-order valence-electron chi connectivity index (χ3n) is 4.83. The smallest absolute Gasteiger partial charge is 0.270 e. The van der Waals surface area contributed by atoms with Crippen molar-refractivity contribution in [3.8, 4) is 11.4 Å². The number of aryl methyl sites for hydroxylation is 1. The number of benzene rings is 1. The number of aromatic nitrogens is 2. The Balaban J connectivity index is 1.82. The first-order chi connectivity index (χ1) is 13.0. The summed E-state index contributed by atoms with van der Waals surface area (Å²) in [6, 6.07) is 8.82. The molecule has 2 heterocycles. The Kier molecular flexibility index (Phi) is 5.98. The van der Waals surface area contributed by atoms with Crippen LogP contribution in [0.5, 0.6) is 0 Å². The van der Waals surface area contributed by atoms with Gasteiger partial charge in [-0.2, -0.15) is 0 Å². The molecule has 0 radical (unpaired) electrons. The highest BCUT2D eigenvalue weighted by Crippen LogP contribution is 2.25. The Morgan fingerprint density at radius 3 is 2.81 bits per heavy atom. The van der Waals surface area contributed by atoms with Gasteiger partial charge in [-0.05, 0) is 13.8 Å². The predicted octanol–water partition coefficient (Wildman–Crippen LogP) is 2.52. The Morgan fingerprint density at radius 1 is 1.30 bits per heavy atom. The van der Waals surface area contributed by atoms with Crippen LogP contribution in [-0.2, 0) is 4.74 Å². The molecule has 144 valence electrons. The second kappa shape index (κ2) is 8.41. The summed E-state index contributed by atoms with van der Waals surface area (Å²) >= 11 is 0. The van der Waals surface area contributed by atoms with Gasteiger partial charge < -0.3 is 9.64 Å². The number of hydrogen-bond acceptors (Lipinski definition) is 7. The lowest BCUT2D eigenvalue weighted by Crippen LogP contribution is -2.53. The van der Waals surface area contributed by atoms with Crippen LogP contribution in [0, 0.1) is 17.0 Å². The van der Waals surface area contributed by atoms with Crippen molar-refractivity contribution in [2.45, 2.75) is 19.9 Å². The van der Waals surface area contributed by atoms with E-state index in [0.29, 0.717) is 17.4 Å². The molecule has 0 spiro atoms. The van der Waals surface area contributed by atoms with Crippen molar-refractivity contribution >= 4 is 11.5 Å². The van der Waals surface area contributed by atoms with Crippen LogP contribution in [0.3, 0.4) is 0 Å². The monoisotopic (exact) mass is 371 g/mol. The van der Waals surface area contributed by atoms with Gasteiger partial charge in [0.15, 0.2) is 5.82 Å². The summed E-state index contributed by atoms with van der Waals surface area (Å²) in [4.78, 5) is 24.5. The minimum atomic E-state index is -0.402. The van der Waals surface area contributed by atoms with Crippen LogP contribution in [0.15, 0.2) is 30.3 Å². The molecular formula is C19H25N5O3. The van der Waals surface area contributed by atoms with E-state index < -0.39 is 4.92 Å². The zero-order chi connectivity index (χ0) is 19.4. The van der Waals surface area contributed by atoms with E-state index in [1.165, 1.54) is 12.1 Å². The van der Waals surface area contributed by atoms with Gasteiger partial charge in [-0.3, -0.25) is 15.0 Å². The first-order valence-electron chi connectivity index (χ1n) is 9.06. The number of piperazine rings is 1. The van der Waals surface area contributed by atoms with Gasteiger partial charge >= 0.3 is 0 Å². The van der Waals surface area contributed by atoms with Gasteiger partial charge in [0.05, 0.1) is 11.5 Å². The van der Waals surface area contributed by atoms with Crippen LogP contribution in [0.25, 0.3) is 11.4 Å². The van der Waals surface area contributed by atoms with E-state index in [1.54, 1.807) is 19.2 Å². The van der Waals surface area contributed by atoms with E-state index in [4.69, 9.17) is 9.72 Å². The number of non-ortho nitro benzene ring substituents is 1. The molecule has 1 aromatic heterocycles. The maximum absolute atomic E-state index is 11.1. The molecule has 0 aliphatic carbocycles. The maximum Gasteiger partial charge on any atom is 0.270 e. The lowest BCUT2D eigenvalue weighted by atomic mass is 10.1. The van der Waals surface area contributed by atoms with Crippen LogP contribution in [0.1, 0.15) is 12.6 Å². The van der Waals surface area contributed by atoms with Crippen LogP contribution in [0.2, 0.25) is 0 Å². The highest BCUT2D eigenvalue weighted by atomic mass is 16.6. The van der Waals surface area contributed by atoms with E-state index in [1.807, 2.05) is 13.0 Å². The molecule has 27 heavy (non-hydrogen) atoms. The predicted molar refractivity (Wildman–Crippen MR) is 104 cm³/mol. The van der Waals surface area contributed by atoms with Crippen molar-refractivity contribution in [1.29, 1.82) is 0 Å². The van der Waals surface area contributed by atoms with Crippen LogP contribution < -0.4 is 4.90 Å². The number of hydrogen-bond donors (Lipinski definition) is 0. The zero-order valence-electron chi connectivity index (χ0n) is 16.0. The Morgan fingerprint density at radius 2 is 2.11 bits per heavy atom. The second-order valence-corrected chi connectivity index (χ2v) is 6.82.